The van der Waals surface area contributed by atoms with Crippen molar-refractivity contribution in [3.63, 3.8) is 0 Å². The van der Waals surface area contributed by atoms with Crippen molar-refractivity contribution in [1.29, 1.82) is 0 Å². The highest BCUT2D eigenvalue weighted by atomic mass is 16.8. The van der Waals surface area contributed by atoms with Crippen LogP contribution in [0.5, 0.6) is 0 Å². The Morgan fingerprint density at radius 3 is 1.16 bits per heavy atom. The number of aliphatic hydroxyl groups excluding tert-OH is 15. The second-order valence-corrected chi connectivity index (χ2v) is 30.3. The molecule has 109 heavy (non-hydrogen) atoms. The summed E-state index contributed by atoms with van der Waals surface area (Å²) in [5.74, 6) is -1.90. The van der Waals surface area contributed by atoms with Gasteiger partial charge in [-0.05, 0) is 44.9 Å². The van der Waals surface area contributed by atoms with Gasteiger partial charge in [0.05, 0.1) is 51.8 Å². The van der Waals surface area contributed by atoms with Crippen LogP contribution in [0.3, 0.4) is 0 Å². The lowest BCUT2D eigenvalue weighted by atomic mass is 9.94. The fourth-order valence-corrected chi connectivity index (χ4v) is 14.7. The third-order valence-electron chi connectivity index (χ3n) is 21.3. The summed E-state index contributed by atoms with van der Waals surface area (Å²) in [6.45, 7) is 1.40. The molecule has 5 aliphatic rings. The second-order valence-electron chi connectivity index (χ2n) is 30.3. The molecule has 10 unspecified atom stereocenters. The van der Waals surface area contributed by atoms with Gasteiger partial charge in [-0.3, -0.25) is 14.4 Å². The summed E-state index contributed by atoms with van der Waals surface area (Å²) >= 11 is 0. The SMILES string of the molecule is CCCCCCCC/C=C\CCCCCCCCCCCCCCCC(=O)N[C@@H](CO[C@@H]1OC(CO)[C@@H](O[C@@H]2OC(CO)[C@H](O[C@@H]3OC(CO)[C@H](O)[C@H](O[C@@H]4OC(CO)[C@H](O)[C@H](O[C@@H]5OC(CO)[C@H](O)[C@H](O)C5NC(C)=O)C4O)C3NC(C)=O)[C@H](O)C2O)[C@H](O)C1O)[C@H](O)/C=C/CCCCCCCCCCCCC. The van der Waals surface area contributed by atoms with Crippen molar-refractivity contribution < 1.29 is 138 Å². The first kappa shape index (κ1) is 96.5. The van der Waals surface area contributed by atoms with Crippen LogP contribution in [0.15, 0.2) is 24.3 Å². The molecule has 0 aromatic rings. The van der Waals surface area contributed by atoms with Gasteiger partial charge in [0, 0.05) is 20.3 Å². The Labute approximate surface area is 645 Å². The van der Waals surface area contributed by atoms with Gasteiger partial charge < -0.3 is 140 Å². The molecule has 18 N–H and O–H groups in total. The highest BCUT2D eigenvalue weighted by Gasteiger charge is 2.57. The zero-order chi connectivity index (χ0) is 79.6. The summed E-state index contributed by atoms with van der Waals surface area (Å²) in [6, 6.07) is -4.38. The topological polar surface area (TPSA) is 483 Å². The molecule has 27 atom stereocenters. The Morgan fingerprint density at radius 1 is 0.358 bits per heavy atom. The fraction of sp³-hybridized carbons (Fsp3) is 0.910. The molecule has 3 amide bonds. The van der Waals surface area contributed by atoms with E-state index in [9.17, 15) is 91.0 Å². The zero-order valence-corrected chi connectivity index (χ0v) is 65.2. The molecular formula is C78H141N3O28. The molecule has 0 saturated carbocycles. The predicted molar refractivity (Wildman–Crippen MR) is 398 cm³/mol. The summed E-state index contributed by atoms with van der Waals surface area (Å²) in [7, 11) is 0. The molecule has 5 aliphatic heterocycles. The van der Waals surface area contributed by atoms with Gasteiger partial charge in [0.25, 0.3) is 0 Å². The summed E-state index contributed by atoms with van der Waals surface area (Å²) in [4.78, 5) is 38.7. The number of unbranched alkanes of at least 4 members (excludes halogenated alkanes) is 30. The summed E-state index contributed by atoms with van der Waals surface area (Å²) in [5, 5.41) is 174. The van der Waals surface area contributed by atoms with Gasteiger partial charge in [0.2, 0.25) is 17.7 Å². The number of allylic oxidation sites excluding steroid dienone is 3. The van der Waals surface area contributed by atoms with Crippen molar-refractivity contribution >= 4 is 17.7 Å². The minimum Gasteiger partial charge on any atom is -0.394 e. The lowest BCUT2D eigenvalue weighted by Gasteiger charge is -2.50. The van der Waals surface area contributed by atoms with Crippen LogP contribution in [0.4, 0.5) is 0 Å². The standard InChI is InChI=1S/C78H141N3O28/c1-5-7-9-11-13-15-17-19-20-21-22-23-24-25-26-27-28-30-32-34-36-38-40-42-58(90)81-51(52(89)41-39-37-35-33-31-29-18-16-14-12-10-8-6-2)48-100-76-67(97)65(95)71(56(46-85)104-76)107-77-68(98)66(96)70(57(47-86)105-77)106-75-60(80-50(4)88)72(62(92)54(44-83)102-75)108-78-69(99)73(63(93)55(45-84)103-78)109-74-59(79-49(3)87)64(94)61(91)53(43-82)101-74/h19-20,39,41,51-57,59-78,82-86,89,91-99H,5-18,21-38,40,42-48H2,1-4H3,(H,79,87)(H,80,88)(H,81,90)/b20-19-,41-39+/t51-,52+,53?,54?,55?,56?,57?,59?,60?,61-,62-,63-,64+,65+,66+,67?,68?,69?,70-,71+,72+,73-,74-,75-,76+,77-,78-/m0/s1. The van der Waals surface area contributed by atoms with E-state index in [0.717, 1.165) is 65.2 Å². The molecule has 5 heterocycles. The van der Waals surface area contributed by atoms with Crippen LogP contribution in [-0.2, 0) is 61.8 Å². The lowest BCUT2D eigenvalue weighted by Crippen LogP contribution is -2.70. The number of nitrogens with one attached hydrogen (secondary N) is 3. The fourth-order valence-electron chi connectivity index (χ4n) is 14.7. The van der Waals surface area contributed by atoms with Crippen molar-refractivity contribution in [3.8, 4) is 0 Å². The smallest absolute Gasteiger partial charge is 0.220 e. The Morgan fingerprint density at radius 2 is 0.697 bits per heavy atom. The average molecular weight is 1570 g/mol. The highest BCUT2D eigenvalue weighted by Crippen LogP contribution is 2.37. The monoisotopic (exact) mass is 1570 g/mol. The van der Waals surface area contributed by atoms with Crippen LogP contribution in [0.1, 0.15) is 246 Å². The molecule has 0 aromatic heterocycles. The minimum absolute atomic E-state index is 0.192. The number of carbonyl (C=O) groups excluding carboxylic acids is 3. The highest BCUT2D eigenvalue weighted by molar-refractivity contribution is 5.76. The van der Waals surface area contributed by atoms with Crippen LogP contribution in [0.25, 0.3) is 0 Å². The largest absolute Gasteiger partial charge is 0.394 e. The molecule has 5 saturated heterocycles. The number of aliphatic hydroxyl groups is 15. The molecule has 636 valence electrons. The predicted octanol–water partition coefficient (Wildman–Crippen LogP) is 2.65. The van der Waals surface area contributed by atoms with E-state index in [1.807, 2.05) is 6.08 Å². The van der Waals surface area contributed by atoms with E-state index >= 15 is 0 Å². The van der Waals surface area contributed by atoms with Crippen molar-refractivity contribution in [2.75, 3.05) is 39.6 Å². The molecule has 31 nitrogen and oxygen atoms in total. The van der Waals surface area contributed by atoms with Crippen LogP contribution in [0.2, 0.25) is 0 Å². The Kier molecular flexibility index (Phi) is 48.4. The summed E-state index contributed by atoms with van der Waals surface area (Å²) < 4.78 is 59.2. The Bertz CT molecular complexity index is 2460. The maximum absolute atomic E-state index is 13.5. The molecule has 31 heteroatoms. The van der Waals surface area contributed by atoms with Crippen LogP contribution in [-0.4, -0.2) is 300 Å². The van der Waals surface area contributed by atoms with Gasteiger partial charge in [-0.15, -0.1) is 0 Å². The molecule has 0 aliphatic carbocycles. The maximum Gasteiger partial charge on any atom is 0.220 e. The number of amides is 3. The number of hydrogen-bond acceptors (Lipinski definition) is 28. The first-order valence-electron chi connectivity index (χ1n) is 41.1. The van der Waals surface area contributed by atoms with Crippen molar-refractivity contribution in [2.45, 2.75) is 412 Å². The van der Waals surface area contributed by atoms with Crippen molar-refractivity contribution in [1.82, 2.24) is 16.0 Å². The van der Waals surface area contributed by atoms with E-state index in [-0.39, 0.29) is 12.3 Å². The molecule has 0 aromatic carbocycles. The molecular weight excluding hydrogens is 1430 g/mol. The van der Waals surface area contributed by atoms with Crippen LogP contribution in [0, 0.1) is 0 Å². The number of hydrogen-bond donors (Lipinski definition) is 18. The Hall–Kier alpha value is -3.11. The normalized spacial score (nSPS) is 33.7. The molecule has 0 radical (unpaired) electrons. The summed E-state index contributed by atoms with van der Waals surface area (Å²) in [6.07, 6.45) is 3.02. The number of ether oxygens (including phenoxy) is 10. The van der Waals surface area contributed by atoms with Gasteiger partial charge in [-0.1, -0.05) is 205 Å². The first-order valence-corrected chi connectivity index (χ1v) is 41.1. The van der Waals surface area contributed by atoms with E-state index in [1.54, 1.807) is 6.08 Å². The lowest BCUT2D eigenvalue weighted by molar-refractivity contribution is -0.383. The Balaban J connectivity index is 1.16. The van der Waals surface area contributed by atoms with E-state index in [1.165, 1.54) is 148 Å². The molecule has 0 bridgehead atoms. The van der Waals surface area contributed by atoms with Gasteiger partial charge in [0.15, 0.2) is 31.5 Å². The van der Waals surface area contributed by atoms with E-state index in [2.05, 4.69) is 41.9 Å². The minimum atomic E-state index is -2.17. The molecule has 5 fully saturated rings. The van der Waals surface area contributed by atoms with E-state index in [4.69, 9.17) is 47.4 Å². The van der Waals surface area contributed by atoms with Gasteiger partial charge >= 0.3 is 0 Å². The second kappa shape index (κ2) is 54.7. The van der Waals surface area contributed by atoms with Gasteiger partial charge in [-0.2, -0.15) is 0 Å². The van der Waals surface area contributed by atoms with Crippen LogP contribution < -0.4 is 16.0 Å². The quantitative estimate of drug-likeness (QED) is 0.0307. The summed E-state index contributed by atoms with van der Waals surface area (Å²) in [5.41, 5.74) is 0. The molecule has 5 rings (SSSR count). The van der Waals surface area contributed by atoms with Crippen molar-refractivity contribution in [3.05, 3.63) is 24.3 Å². The third kappa shape index (κ3) is 32.8. The first-order chi connectivity index (χ1) is 52.6. The average Bonchev–Trinajstić information content (AvgIpc) is 0.771. The van der Waals surface area contributed by atoms with Gasteiger partial charge in [-0.25, -0.2) is 0 Å². The molecule has 0 spiro atoms. The van der Waals surface area contributed by atoms with Crippen LogP contribution >= 0.6 is 0 Å². The number of rotatable bonds is 56. The van der Waals surface area contributed by atoms with Gasteiger partial charge in [0.1, 0.15) is 122 Å². The zero-order valence-electron chi connectivity index (χ0n) is 65.2. The third-order valence-corrected chi connectivity index (χ3v) is 21.3. The van der Waals surface area contributed by atoms with E-state index < -0.39 is 217 Å². The van der Waals surface area contributed by atoms with Crippen molar-refractivity contribution in [2.24, 2.45) is 0 Å². The number of carbonyl (C=O) groups is 3. The van der Waals surface area contributed by atoms with E-state index in [0.29, 0.717) is 12.8 Å². The maximum atomic E-state index is 13.5.